The molecule has 0 saturated carbocycles. The number of fused-ring (bicyclic) bond motifs is 1. The standard InChI is InChI=1S/C22H21IO3/c23-21-13-20(15-24-14-16-6-2-1-3-7-16)26-22(21)25-19-11-10-17-8-4-5-9-18(17)12-19/h1-12,20-22H,13-15H2/t20-,21+,22+/m0/s1. The molecule has 3 aromatic carbocycles. The molecule has 0 bridgehead atoms. The zero-order chi connectivity index (χ0) is 17.8. The molecule has 4 heteroatoms. The molecule has 26 heavy (non-hydrogen) atoms. The number of rotatable bonds is 6. The first-order valence-corrected chi connectivity index (χ1v) is 10.1. The molecule has 0 amide bonds. The molecule has 0 aliphatic carbocycles. The molecule has 0 N–H and O–H groups in total. The topological polar surface area (TPSA) is 27.7 Å². The van der Waals surface area contributed by atoms with Crippen molar-refractivity contribution in [3.63, 3.8) is 0 Å². The third-order valence-electron chi connectivity index (χ3n) is 4.50. The smallest absolute Gasteiger partial charge is 0.212 e. The third-order valence-corrected chi connectivity index (χ3v) is 5.59. The number of hydrogen-bond donors (Lipinski definition) is 0. The second kappa shape index (κ2) is 8.37. The average Bonchev–Trinajstić information content (AvgIpc) is 3.02. The molecule has 134 valence electrons. The van der Waals surface area contributed by atoms with Gasteiger partial charge in [0.1, 0.15) is 5.75 Å². The van der Waals surface area contributed by atoms with Crippen molar-refractivity contribution in [2.24, 2.45) is 0 Å². The third kappa shape index (κ3) is 4.37. The van der Waals surface area contributed by atoms with Crippen molar-refractivity contribution >= 4 is 33.4 Å². The second-order valence-electron chi connectivity index (χ2n) is 6.51. The lowest BCUT2D eigenvalue weighted by atomic mass is 10.1. The number of hydrogen-bond acceptors (Lipinski definition) is 3. The highest BCUT2D eigenvalue weighted by molar-refractivity contribution is 14.1. The van der Waals surface area contributed by atoms with Gasteiger partial charge in [0, 0.05) is 0 Å². The fourth-order valence-electron chi connectivity index (χ4n) is 3.16. The lowest BCUT2D eigenvalue weighted by Crippen LogP contribution is -2.24. The first-order valence-electron chi connectivity index (χ1n) is 8.84. The highest BCUT2D eigenvalue weighted by atomic mass is 127. The van der Waals surface area contributed by atoms with E-state index in [0.717, 1.165) is 12.2 Å². The van der Waals surface area contributed by atoms with E-state index in [1.807, 2.05) is 36.4 Å². The van der Waals surface area contributed by atoms with Crippen LogP contribution in [0.4, 0.5) is 0 Å². The van der Waals surface area contributed by atoms with Crippen LogP contribution in [0.2, 0.25) is 0 Å². The fraction of sp³-hybridized carbons (Fsp3) is 0.273. The monoisotopic (exact) mass is 460 g/mol. The molecule has 1 aliphatic rings. The van der Waals surface area contributed by atoms with E-state index in [2.05, 4.69) is 59.0 Å². The Bertz CT molecular complexity index is 852. The van der Waals surface area contributed by atoms with E-state index >= 15 is 0 Å². The van der Waals surface area contributed by atoms with E-state index in [1.54, 1.807) is 0 Å². The number of alkyl halides is 1. The molecule has 0 aromatic heterocycles. The molecular weight excluding hydrogens is 439 g/mol. The van der Waals surface area contributed by atoms with E-state index in [4.69, 9.17) is 14.2 Å². The summed E-state index contributed by atoms with van der Waals surface area (Å²) in [5.41, 5.74) is 1.18. The Morgan fingerprint density at radius 1 is 0.923 bits per heavy atom. The molecule has 0 radical (unpaired) electrons. The largest absolute Gasteiger partial charge is 0.464 e. The summed E-state index contributed by atoms with van der Waals surface area (Å²) >= 11 is 2.41. The van der Waals surface area contributed by atoms with Crippen LogP contribution in [0.25, 0.3) is 10.8 Å². The van der Waals surface area contributed by atoms with E-state index in [1.165, 1.54) is 16.3 Å². The van der Waals surface area contributed by atoms with Gasteiger partial charge in [0.15, 0.2) is 0 Å². The Hall–Kier alpha value is -1.63. The van der Waals surface area contributed by atoms with Crippen LogP contribution in [0.15, 0.2) is 72.8 Å². The van der Waals surface area contributed by atoms with Crippen LogP contribution in [0.5, 0.6) is 5.75 Å². The van der Waals surface area contributed by atoms with Crippen molar-refractivity contribution in [1.82, 2.24) is 0 Å². The van der Waals surface area contributed by atoms with Gasteiger partial charge < -0.3 is 14.2 Å². The highest BCUT2D eigenvalue weighted by Crippen LogP contribution is 2.31. The first kappa shape index (κ1) is 17.8. The van der Waals surface area contributed by atoms with E-state index in [0.29, 0.717) is 17.1 Å². The summed E-state index contributed by atoms with van der Waals surface area (Å²) in [6.07, 6.45) is 0.779. The molecule has 1 fully saturated rings. The Kier molecular flexibility index (Phi) is 5.72. The molecule has 4 rings (SSSR count). The normalized spacial score (nSPS) is 22.6. The maximum atomic E-state index is 6.11. The molecule has 1 saturated heterocycles. The molecular formula is C22H21IO3. The summed E-state index contributed by atoms with van der Waals surface area (Å²) in [6, 6.07) is 24.7. The van der Waals surface area contributed by atoms with E-state index in [-0.39, 0.29) is 12.4 Å². The minimum atomic E-state index is -0.234. The van der Waals surface area contributed by atoms with Crippen molar-refractivity contribution in [2.45, 2.75) is 29.3 Å². The van der Waals surface area contributed by atoms with Gasteiger partial charge in [-0.2, -0.15) is 0 Å². The minimum absolute atomic E-state index is 0.0751. The van der Waals surface area contributed by atoms with Crippen LogP contribution >= 0.6 is 22.6 Å². The summed E-state index contributed by atoms with van der Waals surface area (Å²) in [5, 5.41) is 2.39. The van der Waals surface area contributed by atoms with Crippen molar-refractivity contribution < 1.29 is 14.2 Å². The quantitative estimate of drug-likeness (QED) is 0.367. The summed E-state index contributed by atoms with van der Waals surface area (Å²) in [4.78, 5) is 0. The summed E-state index contributed by atoms with van der Waals surface area (Å²) < 4.78 is 18.3. The Morgan fingerprint density at radius 2 is 1.69 bits per heavy atom. The molecule has 3 atom stereocenters. The number of ether oxygens (including phenoxy) is 3. The van der Waals surface area contributed by atoms with Gasteiger partial charge in [-0.05, 0) is 34.9 Å². The molecule has 3 nitrogen and oxygen atoms in total. The van der Waals surface area contributed by atoms with Gasteiger partial charge in [0.25, 0.3) is 0 Å². The maximum Gasteiger partial charge on any atom is 0.212 e. The van der Waals surface area contributed by atoms with Gasteiger partial charge in [0.05, 0.1) is 23.2 Å². The Balaban J connectivity index is 1.31. The maximum absolute atomic E-state index is 6.11. The van der Waals surface area contributed by atoms with Gasteiger partial charge in [-0.3, -0.25) is 0 Å². The number of halogens is 1. The summed E-state index contributed by atoms with van der Waals surface area (Å²) in [7, 11) is 0. The summed E-state index contributed by atoms with van der Waals surface area (Å²) in [5.74, 6) is 0.848. The minimum Gasteiger partial charge on any atom is -0.464 e. The second-order valence-corrected chi connectivity index (χ2v) is 8.11. The Labute approximate surface area is 167 Å². The van der Waals surface area contributed by atoms with Crippen LogP contribution in [0, 0.1) is 0 Å². The van der Waals surface area contributed by atoms with Crippen LogP contribution in [-0.2, 0) is 16.1 Å². The van der Waals surface area contributed by atoms with E-state index in [9.17, 15) is 0 Å². The van der Waals surface area contributed by atoms with Crippen LogP contribution in [-0.4, -0.2) is 22.9 Å². The van der Waals surface area contributed by atoms with E-state index < -0.39 is 0 Å². The van der Waals surface area contributed by atoms with Gasteiger partial charge >= 0.3 is 0 Å². The van der Waals surface area contributed by atoms with Crippen LogP contribution < -0.4 is 4.74 Å². The Morgan fingerprint density at radius 3 is 2.54 bits per heavy atom. The molecule has 1 heterocycles. The lowest BCUT2D eigenvalue weighted by Gasteiger charge is -2.17. The average molecular weight is 460 g/mol. The van der Waals surface area contributed by atoms with Gasteiger partial charge in [-0.1, -0.05) is 83.3 Å². The van der Waals surface area contributed by atoms with Crippen molar-refractivity contribution in [3.8, 4) is 5.75 Å². The molecule has 3 aromatic rings. The predicted molar refractivity (Wildman–Crippen MR) is 112 cm³/mol. The van der Waals surface area contributed by atoms with Crippen molar-refractivity contribution in [3.05, 3.63) is 78.4 Å². The van der Waals surface area contributed by atoms with Crippen LogP contribution in [0.1, 0.15) is 12.0 Å². The predicted octanol–water partition coefficient (Wildman–Crippen LogP) is 5.35. The summed E-state index contributed by atoms with van der Waals surface area (Å²) in [6.45, 7) is 1.20. The SMILES string of the molecule is I[C@@H]1C[C@@H](COCc2ccccc2)O[C@H]1Oc1ccc2ccccc2c1. The molecule has 0 spiro atoms. The fourth-order valence-corrected chi connectivity index (χ4v) is 4.04. The molecule has 0 unspecified atom stereocenters. The van der Waals surface area contributed by atoms with Gasteiger partial charge in [-0.15, -0.1) is 0 Å². The highest BCUT2D eigenvalue weighted by Gasteiger charge is 2.35. The van der Waals surface area contributed by atoms with Crippen LogP contribution in [0.3, 0.4) is 0 Å². The van der Waals surface area contributed by atoms with Crippen molar-refractivity contribution in [2.75, 3.05) is 6.61 Å². The zero-order valence-electron chi connectivity index (χ0n) is 14.4. The number of benzene rings is 3. The lowest BCUT2D eigenvalue weighted by molar-refractivity contribution is -0.0929. The molecule has 1 aliphatic heterocycles. The first-order chi connectivity index (χ1) is 12.8. The van der Waals surface area contributed by atoms with Gasteiger partial charge in [0.2, 0.25) is 6.29 Å². The van der Waals surface area contributed by atoms with Gasteiger partial charge in [-0.25, -0.2) is 0 Å². The zero-order valence-corrected chi connectivity index (χ0v) is 16.5. The van der Waals surface area contributed by atoms with Crippen molar-refractivity contribution in [1.29, 1.82) is 0 Å².